The van der Waals surface area contributed by atoms with Crippen molar-refractivity contribution in [1.29, 1.82) is 0 Å². The standard InChI is InChI=1S/C27H27ClN2O5S/c1-3-36-12-11-35-27(32)24-16(2)29-22-14-19(17-7-9-20(28)10-8-17)15-23(31)26(22)25(24)18-5-4-6-21(13-18)30(33)34/h4-10,13,19,25,29H,3,11-12,14-15H2,1-2H3/t19-,25-/m0/s1. The molecule has 7 nitrogen and oxygen atoms in total. The minimum Gasteiger partial charge on any atom is -0.461 e. The molecule has 2 atom stereocenters. The number of nitrogens with zero attached hydrogens (tertiary/aromatic N) is 1. The fourth-order valence-corrected chi connectivity index (χ4v) is 5.46. The summed E-state index contributed by atoms with van der Waals surface area (Å²) in [6.07, 6.45) is 0.836. The van der Waals surface area contributed by atoms with Crippen LogP contribution in [0.3, 0.4) is 0 Å². The number of Topliss-reactive ketones (excluding diaryl/α,β-unsaturated/α-hetero) is 1. The first-order valence-electron chi connectivity index (χ1n) is 11.8. The molecule has 0 spiro atoms. The highest BCUT2D eigenvalue weighted by Gasteiger charge is 2.41. The van der Waals surface area contributed by atoms with Gasteiger partial charge in [0.15, 0.2) is 5.78 Å². The highest BCUT2D eigenvalue weighted by molar-refractivity contribution is 7.99. The molecule has 0 radical (unpaired) electrons. The van der Waals surface area contributed by atoms with Crippen LogP contribution in [0.25, 0.3) is 0 Å². The van der Waals surface area contributed by atoms with Gasteiger partial charge in [-0.15, -0.1) is 0 Å². The Bertz CT molecular complexity index is 1260. The van der Waals surface area contributed by atoms with E-state index in [0.717, 1.165) is 17.0 Å². The zero-order valence-electron chi connectivity index (χ0n) is 20.1. The highest BCUT2D eigenvalue weighted by Crippen LogP contribution is 2.46. The number of thioether (sulfide) groups is 1. The van der Waals surface area contributed by atoms with E-state index in [1.54, 1.807) is 30.8 Å². The molecule has 2 aliphatic rings. The third-order valence-electron chi connectivity index (χ3n) is 6.47. The van der Waals surface area contributed by atoms with Crippen molar-refractivity contribution < 1.29 is 19.2 Å². The Kier molecular flexibility index (Phi) is 8.16. The Balaban J connectivity index is 1.74. The number of hydrogen-bond acceptors (Lipinski definition) is 7. The molecule has 0 aromatic heterocycles. The van der Waals surface area contributed by atoms with E-state index < -0.39 is 16.8 Å². The van der Waals surface area contributed by atoms with E-state index in [4.69, 9.17) is 16.3 Å². The number of benzene rings is 2. The molecule has 0 bridgehead atoms. The number of nitro groups is 1. The van der Waals surface area contributed by atoms with Crippen molar-refractivity contribution in [3.63, 3.8) is 0 Å². The molecule has 2 aromatic rings. The summed E-state index contributed by atoms with van der Waals surface area (Å²) in [6.45, 7) is 4.05. The zero-order chi connectivity index (χ0) is 25.8. The van der Waals surface area contributed by atoms with E-state index in [1.807, 2.05) is 31.2 Å². The van der Waals surface area contributed by atoms with Crippen molar-refractivity contribution in [3.8, 4) is 0 Å². The minimum atomic E-state index is -0.744. The second-order valence-corrected chi connectivity index (χ2v) is 10.6. The predicted molar refractivity (Wildman–Crippen MR) is 141 cm³/mol. The van der Waals surface area contributed by atoms with Gasteiger partial charge in [0.1, 0.15) is 6.61 Å². The number of carbonyl (C=O) groups excluding carboxylic acids is 2. The number of nitro benzene ring substituents is 1. The number of nitrogens with one attached hydrogen (secondary N) is 1. The van der Waals surface area contributed by atoms with E-state index >= 15 is 0 Å². The van der Waals surface area contributed by atoms with E-state index in [0.29, 0.717) is 39.6 Å². The van der Waals surface area contributed by atoms with Gasteiger partial charge in [-0.2, -0.15) is 11.8 Å². The van der Waals surface area contributed by atoms with Crippen LogP contribution in [-0.2, 0) is 14.3 Å². The van der Waals surface area contributed by atoms with Gasteiger partial charge in [-0.3, -0.25) is 14.9 Å². The molecule has 0 unspecified atom stereocenters. The lowest BCUT2D eigenvalue weighted by atomic mass is 9.71. The zero-order valence-corrected chi connectivity index (χ0v) is 21.7. The van der Waals surface area contributed by atoms with Gasteiger partial charge >= 0.3 is 5.97 Å². The van der Waals surface area contributed by atoms with Crippen molar-refractivity contribution in [3.05, 3.63) is 97.3 Å². The summed E-state index contributed by atoms with van der Waals surface area (Å²) >= 11 is 7.70. The van der Waals surface area contributed by atoms with Crippen molar-refractivity contribution in [2.45, 2.75) is 38.5 Å². The number of dihydropyridines is 1. The summed E-state index contributed by atoms with van der Waals surface area (Å²) in [5.41, 5.74) is 3.54. The summed E-state index contributed by atoms with van der Waals surface area (Å²) in [5.74, 6) is 0.174. The van der Waals surface area contributed by atoms with Crippen LogP contribution in [0.4, 0.5) is 5.69 Å². The molecule has 1 heterocycles. The summed E-state index contributed by atoms with van der Waals surface area (Å²) < 4.78 is 5.56. The Morgan fingerprint density at radius 1 is 1.19 bits per heavy atom. The molecule has 0 saturated carbocycles. The van der Waals surface area contributed by atoms with E-state index in [2.05, 4.69) is 5.32 Å². The minimum absolute atomic E-state index is 0.0425. The lowest BCUT2D eigenvalue weighted by Gasteiger charge is -2.36. The lowest BCUT2D eigenvalue weighted by Crippen LogP contribution is -2.36. The van der Waals surface area contributed by atoms with Crippen LogP contribution in [-0.4, -0.2) is 34.8 Å². The molecular weight excluding hydrogens is 500 g/mol. The maximum absolute atomic E-state index is 13.6. The van der Waals surface area contributed by atoms with Gasteiger partial charge < -0.3 is 10.1 Å². The maximum Gasteiger partial charge on any atom is 0.336 e. The second-order valence-electron chi connectivity index (χ2n) is 8.75. The third-order valence-corrected chi connectivity index (χ3v) is 7.58. The van der Waals surface area contributed by atoms with Crippen LogP contribution in [0.2, 0.25) is 5.02 Å². The number of esters is 1. The van der Waals surface area contributed by atoms with Crippen molar-refractivity contribution >= 4 is 40.8 Å². The van der Waals surface area contributed by atoms with Gasteiger partial charge in [-0.1, -0.05) is 42.8 Å². The van der Waals surface area contributed by atoms with Crippen LogP contribution in [0, 0.1) is 10.1 Å². The first-order chi connectivity index (χ1) is 17.3. The van der Waals surface area contributed by atoms with Gasteiger partial charge in [0.25, 0.3) is 5.69 Å². The third kappa shape index (κ3) is 5.50. The summed E-state index contributed by atoms with van der Waals surface area (Å²) in [7, 11) is 0. The number of ether oxygens (including phenoxy) is 1. The fourth-order valence-electron chi connectivity index (χ4n) is 4.85. The number of carbonyl (C=O) groups is 2. The van der Waals surface area contributed by atoms with Crippen molar-refractivity contribution in [2.75, 3.05) is 18.1 Å². The van der Waals surface area contributed by atoms with Gasteiger partial charge in [0.05, 0.1) is 10.5 Å². The Morgan fingerprint density at radius 3 is 2.64 bits per heavy atom. The summed E-state index contributed by atoms with van der Waals surface area (Å²) in [5, 5.41) is 15.4. The lowest BCUT2D eigenvalue weighted by molar-refractivity contribution is -0.384. The molecule has 9 heteroatoms. The molecular formula is C27H27ClN2O5S. The van der Waals surface area contributed by atoms with Crippen LogP contribution >= 0.6 is 23.4 Å². The molecule has 2 aromatic carbocycles. The predicted octanol–water partition coefficient (Wildman–Crippen LogP) is 5.91. The maximum atomic E-state index is 13.6. The number of allylic oxidation sites excluding steroid dienone is 3. The van der Waals surface area contributed by atoms with Crippen LogP contribution in [0.15, 0.2) is 71.1 Å². The van der Waals surface area contributed by atoms with Crippen LogP contribution in [0.5, 0.6) is 0 Å². The molecule has 188 valence electrons. The number of rotatable bonds is 8. The van der Waals surface area contributed by atoms with Crippen molar-refractivity contribution in [2.24, 2.45) is 0 Å². The number of ketones is 1. The van der Waals surface area contributed by atoms with E-state index in [-0.39, 0.29) is 30.4 Å². The van der Waals surface area contributed by atoms with Gasteiger partial charge in [0.2, 0.25) is 0 Å². The average molecular weight is 527 g/mol. The van der Waals surface area contributed by atoms with E-state index in [1.165, 1.54) is 12.1 Å². The average Bonchev–Trinajstić information content (AvgIpc) is 2.86. The molecule has 1 aliphatic carbocycles. The summed E-state index contributed by atoms with van der Waals surface area (Å²) in [6, 6.07) is 13.6. The quantitative estimate of drug-likeness (QED) is 0.198. The molecule has 36 heavy (non-hydrogen) atoms. The normalized spacial score (nSPS) is 19.6. The second kappa shape index (κ2) is 11.3. The van der Waals surface area contributed by atoms with Gasteiger partial charge in [-0.25, -0.2) is 4.79 Å². The molecule has 0 saturated heterocycles. The summed E-state index contributed by atoms with van der Waals surface area (Å²) in [4.78, 5) is 37.9. The first kappa shape index (κ1) is 26.0. The first-order valence-corrected chi connectivity index (χ1v) is 13.3. The van der Waals surface area contributed by atoms with Gasteiger partial charge in [0, 0.05) is 52.2 Å². The highest BCUT2D eigenvalue weighted by atomic mass is 35.5. The molecule has 0 amide bonds. The Labute approximate surface area is 219 Å². The number of non-ortho nitro benzene ring substituents is 1. The molecule has 1 N–H and O–H groups in total. The van der Waals surface area contributed by atoms with E-state index in [9.17, 15) is 19.7 Å². The van der Waals surface area contributed by atoms with Crippen LogP contribution in [0.1, 0.15) is 49.7 Å². The smallest absolute Gasteiger partial charge is 0.336 e. The molecule has 4 rings (SSSR count). The van der Waals surface area contributed by atoms with Crippen molar-refractivity contribution in [1.82, 2.24) is 5.32 Å². The number of halogens is 1. The molecule has 1 aliphatic heterocycles. The van der Waals surface area contributed by atoms with Gasteiger partial charge in [-0.05, 0) is 48.3 Å². The largest absolute Gasteiger partial charge is 0.461 e. The molecule has 0 fully saturated rings. The van der Waals surface area contributed by atoms with Crippen LogP contribution < -0.4 is 5.32 Å². The topological polar surface area (TPSA) is 98.5 Å². The Morgan fingerprint density at radius 2 is 1.94 bits per heavy atom. The monoisotopic (exact) mass is 526 g/mol. The fraction of sp³-hybridized carbons (Fsp3) is 0.333. The Hall–Kier alpha value is -3.10. The number of hydrogen-bond donors (Lipinski definition) is 1. The SMILES string of the molecule is CCSCCOC(=O)C1=C(C)NC2=C(C(=O)C[C@@H](c3ccc(Cl)cc3)C2)[C@H]1c1cccc([N+](=O)[O-])c1.